The summed E-state index contributed by atoms with van der Waals surface area (Å²) in [5, 5.41) is 0. The first-order chi connectivity index (χ1) is 9.15. The van der Waals surface area contributed by atoms with Crippen LogP contribution in [-0.4, -0.2) is 19.7 Å². The summed E-state index contributed by atoms with van der Waals surface area (Å²) in [6.07, 6.45) is 3.90. The number of rotatable bonds is 6. The van der Waals surface area contributed by atoms with Gasteiger partial charge in [0.05, 0.1) is 18.0 Å². The molecule has 1 aliphatic rings. The largest absolute Gasteiger partial charge is 0.491 e. The summed E-state index contributed by atoms with van der Waals surface area (Å²) in [6.45, 7) is 6.27. The Morgan fingerprint density at radius 2 is 2.11 bits per heavy atom. The number of nitrogens with zero attached hydrogens (tertiary/aromatic N) is 1. The number of benzene rings is 1. The van der Waals surface area contributed by atoms with Crippen molar-refractivity contribution in [3.63, 3.8) is 0 Å². The lowest BCUT2D eigenvalue weighted by Crippen LogP contribution is -2.33. The predicted molar refractivity (Wildman–Crippen MR) is 77.2 cm³/mol. The molecule has 0 amide bonds. The highest BCUT2D eigenvalue weighted by atomic mass is 19.1. The minimum absolute atomic E-state index is 0.291. The molecular formula is C15H23FN2O. The molecule has 2 rings (SSSR count). The molecule has 3 nitrogen and oxygen atoms in total. The number of hydrogen-bond acceptors (Lipinski definition) is 3. The molecule has 0 radical (unpaired) electrons. The lowest BCUT2D eigenvalue weighted by Gasteiger charge is -2.33. The van der Waals surface area contributed by atoms with Crippen molar-refractivity contribution in [2.45, 2.75) is 33.1 Å². The number of nitrogens with two attached hydrogens (primary N) is 1. The zero-order valence-corrected chi connectivity index (χ0v) is 11.8. The van der Waals surface area contributed by atoms with Gasteiger partial charge in [0.2, 0.25) is 0 Å². The van der Waals surface area contributed by atoms with Gasteiger partial charge in [0.1, 0.15) is 0 Å². The Kier molecular flexibility index (Phi) is 4.51. The SMILES string of the molecule is CCOc1cc(N(CC)CC2CCC2)c(N)cc1F. The van der Waals surface area contributed by atoms with Crippen molar-refractivity contribution >= 4 is 11.4 Å². The fourth-order valence-electron chi connectivity index (χ4n) is 2.48. The quantitative estimate of drug-likeness (QED) is 0.802. The lowest BCUT2D eigenvalue weighted by atomic mass is 9.85. The molecule has 0 unspecified atom stereocenters. The van der Waals surface area contributed by atoms with E-state index in [1.54, 1.807) is 6.07 Å². The number of hydrogen-bond donors (Lipinski definition) is 1. The fourth-order valence-corrected chi connectivity index (χ4v) is 2.48. The lowest BCUT2D eigenvalue weighted by molar-refractivity contribution is 0.316. The molecule has 4 heteroatoms. The Morgan fingerprint density at radius 3 is 2.63 bits per heavy atom. The average Bonchev–Trinajstić information content (AvgIpc) is 2.33. The second kappa shape index (κ2) is 6.13. The Morgan fingerprint density at radius 1 is 1.37 bits per heavy atom. The monoisotopic (exact) mass is 266 g/mol. The minimum Gasteiger partial charge on any atom is -0.491 e. The summed E-state index contributed by atoms with van der Waals surface area (Å²) < 4.78 is 19.0. The van der Waals surface area contributed by atoms with Gasteiger partial charge in [0.25, 0.3) is 0 Å². The zero-order valence-electron chi connectivity index (χ0n) is 11.8. The van der Waals surface area contributed by atoms with E-state index in [1.807, 2.05) is 6.92 Å². The van der Waals surface area contributed by atoms with E-state index >= 15 is 0 Å². The molecule has 106 valence electrons. The Hall–Kier alpha value is -1.45. The Balaban J connectivity index is 2.21. The first-order valence-electron chi connectivity index (χ1n) is 7.12. The van der Waals surface area contributed by atoms with Crippen LogP contribution in [-0.2, 0) is 0 Å². The molecule has 0 aromatic heterocycles. The summed E-state index contributed by atoms with van der Waals surface area (Å²) in [7, 11) is 0. The van der Waals surface area contributed by atoms with Gasteiger partial charge in [-0.2, -0.15) is 0 Å². The van der Waals surface area contributed by atoms with Crippen LogP contribution in [0.5, 0.6) is 5.75 Å². The Labute approximate surface area is 114 Å². The summed E-state index contributed by atoms with van der Waals surface area (Å²) >= 11 is 0. The van der Waals surface area contributed by atoms with Crippen molar-refractivity contribution in [1.82, 2.24) is 0 Å². The highest BCUT2D eigenvalue weighted by Gasteiger charge is 2.22. The average molecular weight is 266 g/mol. The molecule has 0 bridgehead atoms. The minimum atomic E-state index is -0.386. The maximum Gasteiger partial charge on any atom is 0.167 e. The van der Waals surface area contributed by atoms with E-state index in [2.05, 4.69) is 11.8 Å². The second-order valence-electron chi connectivity index (χ2n) is 5.11. The van der Waals surface area contributed by atoms with Crippen LogP contribution in [0.1, 0.15) is 33.1 Å². The third-order valence-corrected chi connectivity index (χ3v) is 3.81. The van der Waals surface area contributed by atoms with Gasteiger partial charge >= 0.3 is 0 Å². The van der Waals surface area contributed by atoms with Crippen LogP contribution < -0.4 is 15.4 Å². The van der Waals surface area contributed by atoms with Crippen LogP contribution in [0.25, 0.3) is 0 Å². The molecule has 0 aliphatic heterocycles. The van der Waals surface area contributed by atoms with Crippen LogP contribution >= 0.6 is 0 Å². The highest BCUT2D eigenvalue weighted by Crippen LogP contribution is 2.34. The van der Waals surface area contributed by atoms with E-state index in [-0.39, 0.29) is 5.82 Å². The second-order valence-corrected chi connectivity index (χ2v) is 5.11. The smallest absolute Gasteiger partial charge is 0.167 e. The summed E-state index contributed by atoms with van der Waals surface area (Å²) in [5.74, 6) is 0.654. The van der Waals surface area contributed by atoms with Crippen molar-refractivity contribution in [3.8, 4) is 5.75 Å². The molecule has 0 spiro atoms. The van der Waals surface area contributed by atoms with Gasteiger partial charge < -0.3 is 15.4 Å². The van der Waals surface area contributed by atoms with Crippen molar-refractivity contribution in [1.29, 1.82) is 0 Å². The van der Waals surface area contributed by atoms with Gasteiger partial charge in [0.15, 0.2) is 11.6 Å². The number of ether oxygens (including phenoxy) is 1. The molecule has 0 saturated heterocycles. The highest BCUT2D eigenvalue weighted by molar-refractivity contribution is 5.70. The molecule has 1 saturated carbocycles. The molecule has 19 heavy (non-hydrogen) atoms. The van der Waals surface area contributed by atoms with Gasteiger partial charge in [-0.05, 0) is 32.6 Å². The van der Waals surface area contributed by atoms with Gasteiger partial charge in [-0.3, -0.25) is 0 Å². The van der Waals surface area contributed by atoms with Crippen molar-refractivity contribution in [3.05, 3.63) is 17.9 Å². The van der Waals surface area contributed by atoms with Gasteiger partial charge in [-0.25, -0.2) is 4.39 Å². The molecular weight excluding hydrogens is 243 g/mol. The molecule has 1 aromatic rings. The predicted octanol–water partition coefficient (Wildman–Crippen LogP) is 3.43. The molecule has 1 fully saturated rings. The third-order valence-electron chi connectivity index (χ3n) is 3.81. The molecule has 0 heterocycles. The van der Waals surface area contributed by atoms with Crippen molar-refractivity contribution in [2.75, 3.05) is 30.3 Å². The maximum atomic E-state index is 13.7. The fraction of sp³-hybridized carbons (Fsp3) is 0.600. The van der Waals surface area contributed by atoms with E-state index in [0.717, 1.165) is 24.7 Å². The maximum absolute atomic E-state index is 13.7. The van der Waals surface area contributed by atoms with E-state index in [0.29, 0.717) is 18.0 Å². The summed E-state index contributed by atoms with van der Waals surface area (Å²) in [6, 6.07) is 3.10. The van der Waals surface area contributed by atoms with Gasteiger partial charge in [0, 0.05) is 25.2 Å². The summed E-state index contributed by atoms with van der Waals surface area (Å²) in [5.41, 5.74) is 7.34. The van der Waals surface area contributed by atoms with E-state index in [9.17, 15) is 4.39 Å². The molecule has 0 atom stereocenters. The topological polar surface area (TPSA) is 38.5 Å². The third kappa shape index (κ3) is 3.11. The normalized spacial score (nSPS) is 15.1. The van der Waals surface area contributed by atoms with E-state index in [4.69, 9.17) is 10.5 Å². The van der Waals surface area contributed by atoms with Crippen LogP contribution in [0.2, 0.25) is 0 Å². The van der Waals surface area contributed by atoms with Crippen LogP contribution in [0.4, 0.5) is 15.8 Å². The van der Waals surface area contributed by atoms with Crippen molar-refractivity contribution < 1.29 is 9.13 Å². The molecule has 2 N–H and O–H groups in total. The van der Waals surface area contributed by atoms with Crippen LogP contribution in [0, 0.1) is 11.7 Å². The van der Waals surface area contributed by atoms with Crippen molar-refractivity contribution in [2.24, 2.45) is 5.92 Å². The Bertz CT molecular complexity index is 432. The molecule has 1 aliphatic carbocycles. The number of halogens is 1. The van der Waals surface area contributed by atoms with Gasteiger partial charge in [-0.1, -0.05) is 6.42 Å². The van der Waals surface area contributed by atoms with Gasteiger partial charge in [-0.15, -0.1) is 0 Å². The standard InChI is InChI=1S/C15H23FN2O/c1-3-18(10-11-6-5-7-11)14-9-15(19-4-2)12(16)8-13(14)17/h8-9,11H,3-7,10,17H2,1-2H3. The first kappa shape index (κ1) is 14.0. The number of anilines is 2. The first-order valence-corrected chi connectivity index (χ1v) is 7.12. The number of nitrogen functional groups attached to an aromatic ring is 1. The van der Waals surface area contributed by atoms with Crippen LogP contribution in [0.3, 0.4) is 0 Å². The summed E-state index contributed by atoms with van der Waals surface area (Å²) in [4.78, 5) is 2.22. The zero-order chi connectivity index (χ0) is 13.8. The van der Waals surface area contributed by atoms with E-state index in [1.165, 1.54) is 25.3 Å². The van der Waals surface area contributed by atoms with Crippen LogP contribution in [0.15, 0.2) is 12.1 Å². The molecule has 1 aromatic carbocycles. The van der Waals surface area contributed by atoms with E-state index < -0.39 is 0 Å².